The third-order valence-corrected chi connectivity index (χ3v) is 6.26. The average molecular weight is 348 g/mol. The predicted octanol–water partition coefficient (Wildman–Crippen LogP) is 3.06. The molecule has 2 saturated heterocycles. The highest BCUT2D eigenvalue weighted by Gasteiger charge is 2.31. The highest BCUT2D eigenvalue weighted by molar-refractivity contribution is 7.99. The summed E-state index contributed by atoms with van der Waals surface area (Å²) in [6.07, 6.45) is 3.27. The van der Waals surface area contributed by atoms with E-state index in [0.717, 1.165) is 43.0 Å². The Bertz CT molecular complexity index is 604. The largest absolute Gasteiger partial charge is 0.486 e. The second-order valence-corrected chi connectivity index (χ2v) is 7.82. The number of urea groups is 1. The number of ether oxygens (including phenoxy) is 2. The van der Waals surface area contributed by atoms with Crippen molar-refractivity contribution in [3.63, 3.8) is 0 Å². The lowest BCUT2D eigenvalue weighted by atomic mass is 10.0. The van der Waals surface area contributed by atoms with Gasteiger partial charge in [-0.3, -0.25) is 0 Å². The number of benzene rings is 1. The van der Waals surface area contributed by atoms with Gasteiger partial charge < -0.3 is 19.7 Å². The molecule has 0 spiro atoms. The lowest BCUT2D eigenvalue weighted by molar-refractivity contribution is 0.170. The van der Waals surface area contributed by atoms with Crippen molar-refractivity contribution in [3.8, 4) is 11.5 Å². The number of thioether (sulfide) groups is 1. The van der Waals surface area contributed by atoms with Crippen LogP contribution in [0.5, 0.6) is 11.5 Å². The maximum absolute atomic E-state index is 12.6. The number of carbonyl (C=O) groups is 1. The van der Waals surface area contributed by atoms with Gasteiger partial charge in [-0.25, -0.2) is 4.79 Å². The van der Waals surface area contributed by atoms with E-state index in [0.29, 0.717) is 19.1 Å². The summed E-state index contributed by atoms with van der Waals surface area (Å²) in [5, 5.41) is 3.15. The summed E-state index contributed by atoms with van der Waals surface area (Å²) in [4.78, 5) is 14.6. The number of hydrogen-bond donors (Lipinski definition) is 1. The predicted molar refractivity (Wildman–Crippen MR) is 94.9 cm³/mol. The molecule has 1 aromatic carbocycles. The molecule has 3 aliphatic rings. The Morgan fingerprint density at radius 1 is 1.25 bits per heavy atom. The molecular weight excluding hydrogens is 324 g/mol. The third-order valence-electron chi connectivity index (χ3n) is 5.03. The summed E-state index contributed by atoms with van der Waals surface area (Å²) in [6.45, 7) is 2.81. The van der Waals surface area contributed by atoms with Crippen molar-refractivity contribution in [1.82, 2.24) is 10.2 Å². The van der Waals surface area contributed by atoms with E-state index in [-0.39, 0.29) is 12.1 Å². The second-order valence-electron chi connectivity index (χ2n) is 6.67. The number of hydrogen-bond acceptors (Lipinski definition) is 4. The fourth-order valence-corrected chi connectivity index (χ4v) is 4.99. The first-order chi connectivity index (χ1) is 11.8. The maximum Gasteiger partial charge on any atom is 0.317 e. The van der Waals surface area contributed by atoms with Crippen LogP contribution in [-0.4, -0.2) is 48.7 Å². The summed E-state index contributed by atoms with van der Waals surface area (Å²) in [6, 6.07) is 6.28. The van der Waals surface area contributed by atoms with Crippen LogP contribution in [0.2, 0.25) is 0 Å². The average Bonchev–Trinajstić information content (AvgIpc) is 3.31. The molecule has 6 heteroatoms. The zero-order chi connectivity index (χ0) is 16.4. The van der Waals surface area contributed by atoms with Crippen LogP contribution >= 0.6 is 11.8 Å². The van der Waals surface area contributed by atoms with Gasteiger partial charge in [0.05, 0.1) is 6.04 Å². The number of likely N-dealkylation sites (tertiary alicyclic amines) is 1. The smallest absolute Gasteiger partial charge is 0.317 e. The molecule has 3 aliphatic heterocycles. The fraction of sp³-hybridized carbons (Fsp3) is 0.611. The van der Waals surface area contributed by atoms with Crippen molar-refractivity contribution in [2.75, 3.05) is 37.8 Å². The fourth-order valence-electron chi connectivity index (χ4n) is 3.70. The zero-order valence-corrected chi connectivity index (χ0v) is 14.6. The molecule has 0 bridgehead atoms. The summed E-state index contributed by atoms with van der Waals surface area (Å²) >= 11 is 1.99. The first-order valence-corrected chi connectivity index (χ1v) is 9.98. The van der Waals surface area contributed by atoms with Gasteiger partial charge in [0.25, 0.3) is 0 Å². The van der Waals surface area contributed by atoms with E-state index in [1.807, 2.05) is 28.8 Å². The van der Waals surface area contributed by atoms with Crippen molar-refractivity contribution >= 4 is 17.8 Å². The molecule has 1 aromatic rings. The van der Waals surface area contributed by atoms with Crippen molar-refractivity contribution in [1.29, 1.82) is 0 Å². The van der Waals surface area contributed by atoms with Gasteiger partial charge in [0.2, 0.25) is 0 Å². The molecule has 0 saturated carbocycles. The Balaban J connectivity index is 1.43. The molecule has 2 fully saturated rings. The minimum absolute atomic E-state index is 0.0734. The van der Waals surface area contributed by atoms with E-state index in [2.05, 4.69) is 11.4 Å². The summed E-state index contributed by atoms with van der Waals surface area (Å²) in [7, 11) is 0. The lowest BCUT2D eigenvalue weighted by Gasteiger charge is -2.27. The van der Waals surface area contributed by atoms with Gasteiger partial charge in [-0.15, -0.1) is 0 Å². The van der Waals surface area contributed by atoms with Gasteiger partial charge in [-0.2, -0.15) is 11.8 Å². The standard InChI is InChI=1S/C18H24N2O3S/c21-18(19-11-13-5-9-24-12-13)20-6-1-2-15(20)14-3-4-16-17(10-14)23-8-7-22-16/h3-4,10,13,15H,1-2,5-9,11-12H2,(H,19,21)/t13-,15-/m1/s1. The first-order valence-electron chi connectivity index (χ1n) is 8.83. The molecular formula is C18H24N2O3S. The minimum atomic E-state index is 0.0734. The van der Waals surface area contributed by atoms with E-state index < -0.39 is 0 Å². The van der Waals surface area contributed by atoms with Crippen molar-refractivity contribution in [3.05, 3.63) is 23.8 Å². The SMILES string of the molecule is O=C(NC[C@H]1CCSC1)N1CCC[C@@H]1c1ccc2c(c1)OCCO2. The first kappa shape index (κ1) is 15.9. The molecule has 0 unspecified atom stereocenters. The molecule has 4 rings (SSSR count). The lowest BCUT2D eigenvalue weighted by Crippen LogP contribution is -2.41. The Morgan fingerprint density at radius 3 is 2.96 bits per heavy atom. The van der Waals surface area contributed by atoms with E-state index in [9.17, 15) is 4.79 Å². The number of nitrogens with one attached hydrogen (secondary N) is 1. The van der Waals surface area contributed by atoms with E-state index in [1.54, 1.807) is 0 Å². The number of fused-ring (bicyclic) bond motifs is 1. The van der Waals surface area contributed by atoms with Gasteiger partial charge in [-0.05, 0) is 54.4 Å². The molecule has 3 heterocycles. The summed E-state index contributed by atoms with van der Waals surface area (Å²) in [5.41, 5.74) is 1.14. The highest BCUT2D eigenvalue weighted by atomic mass is 32.2. The quantitative estimate of drug-likeness (QED) is 0.912. The Labute approximate surface area is 147 Å². The van der Waals surface area contributed by atoms with Crippen LogP contribution in [0.15, 0.2) is 18.2 Å². The molecule has 0 aliphatic carbocycles. The molecule has 2 atom stereocenters. The normalized spacial score (nSPS) is 25.8. The van der Waals surface area contributed by atoms with Crippen molar-refractivity contribution in [2.45, 2.75) is 25.3 Å². The maximum atomic E-state index is 12.6. The van der Waals surface area contributed by atoms with Crippen LogP contribution < -0.4 is 14.8 Å². The van der Waals surface area contributed by atoms with Crippen LogP contribution in [-0.2, 0) is 0 Å². The van der Waals surface area contributed by atoms with Gasteiger partial charge >= 0.3 is 6.03 Å². The molecule has 0 aromatic heterocycles. The van der Waals surface area contributed by atoms with Crippen LogP contribution in [0.4, 0.5) is 4.79 Å². The summed E-state index contributed by atoms with van der Waals surface area (Å²) < 4.78 is 11.3. The Hall–Kier alpha value is -1.56. The number of carbonyl (C=O) groups excluding carboxylic acids is 1. The minimum Gasteiger partial charge on any atom is -0.486 e. The van der Waals surface area contributed by atoms with Crippen LogP contribution in [0.3, 0.4) is 0 Å². The van der Waals surface area contributed by atoms with Crippen LogP contribution in [0.25, 0.3) is 0 Å². The molecule has 2 amide bonds. The highest BCUT2D eigenvalue weighted by Crippen LogP contribution is 2.38. The Morgan fingerprint density at radius 2 is 2.12 bits per heavy atom. The monoisotopic (exact) mass is 348 g/mol. The molecule has 130 valence electrons. The van der Waals surface area contributed by atoms with Gasteiger partial charge in [0, 0.05) is 13.1 Å². The van der Waals surface area contributed by atoms with Gasteiger partial charge in [-0.1, -0.05) is 6.07 Å². The molecule has 24 heavy (non-hydrogen) atoms. The van der Waals surface area contributed by atoms with E-state index in [4.69, 9.17) is 9.47 Å². The van der Waals surface area contributed by atoms with E-state index in [1.165, 1.54) is 17.9 Å². The number of nitrogens with zero attached hydrogens (tertiary/aromatic N) is 1. The zero-order valence-electron chi connectivity index (χ0n) is 13.8. The molecule has 5 nitrogen and oxygen atoms in total. The Kier molecular flexibility index (Phi) is 4.74. The van der Waals surface area contributed by atoms with Crippen LogP contribution in [0.1, 0.15) is 30.9 Å². The topological polar surface area (TPSA) is 50.8 Å². The number of rotatable bonds is 3. The van der Waals surface area contributed by atoms with Crippen LogP contribution in [0, 0.1) is 5.92 Å². The van der Waals surface area contributed by atoms with Gasteiger partial charge in [0.15, 0.2) is 11.5 Å². The van der Waals surface area contributed by atoms with Gasteiger partial charge in [0.1, 0.15) is 13.2 Å². The second kappa shape index (κ2) is 7.13. The van der Waals surface area contributed by atoms with Crippen molar-refractivity contribution < 1.29 is 14.3 Å². The summed E-state index contributed by atoms with van der Waals surface area (Å²) in [5.74, 6) is 4.64. The van der Waals surface area contributed by atoms with E-state index >= 15 is 0 Å². The molecule has 0 radical (unpaired) electrons. The third kappa shape index (κ3) is 3.29. The number of amides is 2. The van der Waals surface area contributed by atoms with Crippen molar-refractivity contribution in [2.24, 2.45) is 5.92 Å². The molecule has 1 N–H and O–H groups in total.